The Morgan fingerprint density at radius 1 is 1.47 bits per heavy atom. The van der Waals surface area contributed by atoms with Gasteiger partial charge in [0.1, 0.15) is 5.41 Å². The lowest BCUT2D eigenvalue weighted by molar-refractivity contribution is -0.153. The highest BCUT2D eigenvalue weighted by Crippen LogP contribution is 2.14. The molecule has 0 aliphatic carbocycles. The zero-order valence-corrected chi connectivity index (χ0v) is 10.2. The molecule has 0 aromatic rings. The van der Waals surface area contributed by atoms with Crippen LogP contribution in [0.4, 0.5) is 0 Å². The molecule has 2 N–H and O–H groups in total. The van der Waals surface area contributed by atoms with Crippen LogP contribution in [-0.4, -0.2) is 39.2 Å². The number of carbonyl (C=O) groups excluding carboxylic acids is 1. The smallest absolute Gasteiger partial charge is 0.318 e. The van der Waals surface area contributed by atoms with Gasteiger partial charge in [0.25, 0.3) is 0 Å². The molecular weight excluding hydrogens is 218 g/mol. The van der Waals surface area contributed by atoms with Gasteiger partial charge in [-0.15, -0.1) is 0 Å². The van der Waals surface area contributed by atoms with Crippen LogP contribution in [0.15, 0.2) is 0 Å². The maximum atomic E-state index is 11.4. The first-order chi connectivity index (χ1) is 6.69. The van der Waals surface area contributed by atoms with Crippen LogP contribution in [0.3, 0.4) is 0 Å². The predicted molar refractivity (Wildman–Crippen MR) is 58.0 cm³/mol. The van der Waals surface area contributed by atoms with Crippen LogP contribution in [0.1, 0.15) is 20.8 Å². The number of carboxylic acid groups (broad SMARTS) is 1. The molecule has 5 nitrogen and oxygen atoms in total. The lowest BCUT2D eigenvalue weighted by Crippen LogP contribution is -2.44. The second-order valence-electron chi connectivity index (χ2n) is 3.95. The van der Waals surface area contributed by atoms with E-state index in [1.165, 1.54) is 13.8 Å². The zero-order chi connectivity index (χ0) is 12.2. The van der Waals surface area contributed by atoms with E-state index in [1.807, 2.05) is 0 Å². The van der Waals surface area contributed by atoms with Crippen molar-refractivity contribution < 1.29 is 18.9 Å². The molecule has 6 heteroatoms. The van der Waals surface area contributed by atoms with E-state index in [2.05, 4.69) is 5.32 Å². The van der Waals surface area contributed by atoms with Gasteiger partial charge in [-0.2, -0.15) is 0 Å². The minimum atomic E-state index is -1.45. The van der Waals surface area contributed by atoms with E-state index in [0.717, 1.165) is 0 Å². The van der Waals surface area contributed by atoms with Crippen molar-refractivity contribution >= 4 is 22.7 Å². The van der Waals surface area contributed by atoms with Crippen LogP contribution in [-0.2, 0) is 20.4 Å². The number of nitrogens with one attached hydrogen (secondary N) is 1. The Bertz CT molecular complexity index is 288. The van der Waals surface area contributed by atoms with Gasteiger partial charge in [0, 0.05) is 28.9 Å². The van der Waals surface area contributed by atoms with E-state index in [1.54, 1.807) is 13.2 Å². The molecular formula is C9H17NO4S. The fraction of sp³-hybridized carbons (Fsp3) is 0.778. The van der Waals surface area contributed by atoms with Crippen molar-refractivity contribution in [3.8, 4) is 0 Å². The summed E-state index contributed by atoms with van der Waals surface area (Å²) in [5.74, 6) is -1.74. The first-order valence-corrected chi connectivity index (χ1v) is 6.15. The molecule has 0 bridgehead atoms. The molecule has 0 fully saturated rings. The molecule has 0 saturated carbocycles. The van der Waals surface area contributed by atoms with Crippen LogP contribution < -0.4 is 5.32 Å². The Labute approximate surface area is 91.7 Å². The molecule has 15 heavy (non-hydrogen) atoms. The van der Waals surface area contributed by atoms with Gasteiger partial charge in [0.2, 0.25) is 5.91 Å². The standard InChI is InChI=1S/C9H17NO4S/c1-6(15(4)14)5-10-7(11)9(2,3)8(12)13/h6H,5H2,1-4H3,(H,10,11)(H,12,13). The summed E-state index contributed by atoms with van der Waals surface area (Å²) in [6, 6.07) is 0. The van der Waals surface area contributed by atoms with Crippen molar-refractivity contribution in [1.29, 1.82) is 0 Å². The summed E-state index contributed by atoms with van der Waals surface area (Å²) in [6.45, 7) is 4.61. The maximum absolute atomic E-state index is 11.4. The molecule has 0 spiro atoms. The van der Waals surface area contributed by atoms with Crippen LogP contribution in [0, 0.1) is 5.41 Å². The number of hydrogen-bond acceptors (Lipinski definition) is 3. The van der Waals surface area contributed by atoms with Crippen molar-refractivity contribution in [2.24, 2.45) is 5.41 Å². The minimum Gasteiger partial charge on any atom is -0.480 e. The highest BCUT2D eigenvalue weighted by Gasteiger charge is 2.35. The van der Waals surface area contributed by atoms with Gasteiger partial charge in [0.05, 0.1) is 0 Å². The van der Waals surface area contributed by atoms with Crippen molar-refractivity contribution in [3.63, 3.8) is 0 Å². The lowest BCUT2D eigenvalue weighted by Gasteiger charge is -2.19. The van der Waals surface area contributed by atoms with E-state index in [4.69, 9.17) is 5.11 Å². The fourth-order valence-corrected chi connectivity index (χ4v) is 0.990. The minimum absolute atomic E-state index is 0.182. The summed E-state index contributed by atoms with van der Waals surface area (Å²) < 4.78 is 11.0. The highest BCUT2D eigenvalue weighted by atomic mass is 32.2. The molecule has 0 aromatic carbocycles. The topological polar surface area (TPSA) is 83.5 Å². The number of carboxylic acids is 1. The van der Waals surface area contributed by atoms with Gasteiger partial charge < -0.3 is 10.4 Å². The maximum Gasteiger partial charge on any atom is 0.318 e. The number of amides is 1. The van der Waals surface area contributed by atoms with Crippen molar-refractivity contribution in [2.45, 2.75) is 26.0 Å². The molecule has 0 saturated heterocycles. The lowest BCUT2D eigenvalue weighted by atomic mass is 9.93. The fourth-order valence-electron chi connectivity index (χ4n) is 0.672. The summed E-state index contributed by atoms with van der Waals surface area (Å²) in [4.78, 5) is 22.2. The highest BCUT2D eigenvalue weighted by molar-refractivity contribution is 7.84. The average molecular weight is 235 g/mol. The van der Waals surface area contributed by atoms with E-state index in [-0.39, 0.29) is 11.8 Å². The van der Waals surface area contributed by atoms with Crippen LogP contribution >= 0.6 is 0 Å². The quantitative estimate of drug-likeness (QED) is 0.656. The molecule has 0 aromatic heterocycles. The first-order valence-electron chi connectivity index (χ1n) is 4.53. The molecule has 1 amide bonds. The third-order valence-electron chi connectivity index (χ3n) is 2.22. The number of hydrogen-bond donors (Lipinski definition) is 2. The van der Waals surface area contributed by atoms with Crippen molar-refractivity contribution in [2.75, 3.05) is 12.8 Å². The third kappa shape index (κ3) is 3.99. The summed E-state index contributed by atoms with van der Waals surface area (Å²) in [5, 5.41) is 11.1. The molecule has 0 rings (SSSR count). The normalized spacial score (nSPS) is 15.5. The summed E-state index contributed by atoms with van der Waals surface area (Å²) >= 11 is 0. The second kappa shape index (κ2) is 5.25. The van der Waals surface area contributed by atoms with E-state index in [0.29, 0.717) is 0 Å². The van der Waals surface area contributed by atoms with Crippen molar-refractivity contribution in [1.82, 2.24) is 5.32 Å². The van der Waals surface area contributed by atoms with Gasteiger partial charge in [-0.25, -0.2) is 0 Å². The molecule has 0 aliphatic heterocycles. The summed E-state index contributed by atoms with van der Waals surface area (Å²) in [6.07, 6.45) is 1.54. The first kappa shape index (κ1) is 14.1. The van der Waals surface area contributed by atoms with Crippen molar-refractivity contribution in [3.05, 3.63) is 0 Å². The van der Waals surface area contributed by atoms with Crippen LogP contribution in [0.25, 0.3) is 0 Å². The Balaban J connectivity index is 4.27. The molecule has 0 radical (unpaired) electrons. The average Bonchev–Trinajstić information content (AvgIpc) is 2.12. The predicted octanol–water partition coefficient (Wildman–Crippen LogP) is -0.0196. The molecule has 2 atom stereocenters. The van der Waals surface area contributed by atoms with Gasteiger partial charge in [0.15, 0.2) is 0 Å². The van der Waals surface area contributed by atoms with Gasteiger partial charge in [-0.1, -0.05) is 0 Å². The molecule has 0 aliphatic rings. The Morgan fingerprint density at radius 3 is 2.27 bits per heavy atom. The largest absolute Gasteiger partial charge is 0.480 e. The van der Waals surface area contributed by atoms with E-state index in [9.17, 15) is 13.8 Å². The Morgan fingerprint density at radius 2 is 1.93 bits per heavy atom. The SMILES string of the molecule is CC(CNC(=O)C(C)(C)C(=O)O)S(C)=O. The molecule has 0 heterocycles. The monoisotopic (exact) mass is 235 g/mol. The second-order valence-corrected chi connectivity index (χ2v) is 5.75. The molecule has 2 unspecified atom stereocenters. The van der Waals surface area contributed by atoms with Gasteiger partial charge >= 0.3 is 5.97 Å². The third-order valence-corrected chi connectivity index (χ3v) is 3.52. The van der Waals surface area contributed by atoms with Crippen LogP contribution in [0.5, 0.6) is 0 Å². The number of aliphatic carboxylic acids is 1. The molecule has 88 valence electrons. The summed E-state index contributed by atoms with van der Waals surface area (Å²) in [5.41, 5.74) is -1.45. The zero-order valence-electron chi connectivity index (χ0n) is 9.36. The van der Waals surface area contributed by atoms with Gasteiger partial charge in [-0.05, 0) is 20.8 Å². The Hall–Kier alpha value is -0.910. The van der Waals surface area contributed by atoms with E-state index >= 15 is 0 Å². The van der Waals surface area contributed by atoms with Crippen LogP contribution in [0.2, 0.25) is 0 Å². The summed E-state index contributed by atoms with van der Waals surface area (Å²) in [7, 11) is -1.03. The van der Waals surface area contributed by atoms with E-state index < -0.39 is 28.1 Å². The number of rotatable bonds is 5. The number of carbonyl (C=O) groups is 2. The Kier molecular flexibility index (Phi) is 4.93. The van der Waals surface area contributed by atoms with Gasteiger partial charge in [-0.3, -0.25) is 13.8 Å².